The fourth-order valence-electron chi connectivity index (χ4n) is 3.10. The fourth-order valence-corrected chi connectivity index (χ4v) is 4.09. The van der Waals surface area contributed by atoms with Gasteiger partial charge in [-0.2, -0.15) is 0 Å². The van der Waals surface area contributed by atoms with E-state index < -0.39 is 0 Å². The molecule has 1 saturated heterocycles. The Kier molecular flexibility index (Phi) is 5.28. The van der Waals surface area contributed by atoms with E-state index in [2.05, 4.69) is 64.8 Å². The second-order valence-corrected chi connectivity index (χ2v) is 6.79. The third kappa shape index (κ3) is 3.56. The smallest absolute Gasteiger partial charge is 0.108 e. The van der Waals surface area contributed by atoms with Crippen molar-refractivity contribution in [3.63, 3.8) is 0 Å². The Balaban J connectivity index is 0.00000156. The number of nitrogens with one attached hydrogen (secondary N) is 1. The lowest BCUT2D eigenvalue weighted by Gasteiger charge is -2.36. The minimum absolute atomic E-state index is 0. The summed E-state index contributed by atoms with van der Waals surface area (Å²) in [5.41, 5.74) is 2.50. The third-order valence-electron chi connectivity index (χ3n) is 4.22. The summed E-state index contributed by atoms with van der Waals surface area (Å²) in [6.07, 6.45) is 0. The van der Waals surface area contributed by atoms with E-state index in [4.69, 9.17) is 4.98 Å². The van der Waals surface area contributed by atoms with Crippen LogP contribution in [-0.2, 0) is 6.54 Å². The molecule has 3 nitrogen and oxygen atoms in total. The van der Waals surface area contributed by atoms with Gasteiger partial charge >= 0.3 is 0 Å². The minimum Gasteiger partial charge on any atom is -0.314 e. The zero-order valence-electron chi connectivity index (χ0n) is 12.8. The van der Waals surface area contributed by atoms with Crippen LogP contribution in [0, 0.1) is 0 Å². The number of hydrogen-bond donors (Lipinski definition) is 1. The summed E-state index contributed by atoms with van der Waals surface area (Å²) in [7, 11) is 0. The first-order chi connectivity index (χ1) is 10.9. The van der Waals surface area contributed by atoms with Crippen LogP contribution in [0.5, 0.6) is 0 Å². The van der Waals surface area contributed by atoms with Crippen molar-refractivity contribution in [1.82, 2.24) is 15.2 Å². The Morgan fingerprint density at radius 3 is 2.70 bits per heavy atom. The highest BCUT2D eigenvalue weighted by Crippen LogP contribution is 2.27. The van der Waals surface area contributed by atoms with Crippen LogP contribution >= 0.6 is 23.7 Å². The van der Waals surface area contributed by atoms with Gasteiger partial charge < -0.3 is 5.32 Å². The quantitative estimate of drug-likeness (QED) is 0.781. The molecule has 4 rings (SSSR count). The molecule has 2 aromatic carbocycles. The summed E-state index contributed by atoms with van der Waals surface area (Å²) in [6, 6.07) is 19.6. The molecule has 1 N–H and O–H groups in total. The highest BCUT2D eigenvalue weighted by atomic mass is 35.5. The number of para-hydroxylation sites is 1. The zero-order chi connectivity index (χ0) is 14.8. The third-order valence-corrected chi connectivity index (χ3v) is 5.24. The van der Waals surface area contributed by atoms with Crippen LogP contribution in [0.25, 0.3) is 10.2 Å². The van der Waals surface area contributed by atoms with Gasteiger partial charge in [-0.05, 0) is 17.7 Å². The van der Waals surface area contributed by atoms with Crippen molar-refractivity contribution in [3.8, 4) is 0 Å². The zero-order valence-corrected chi connectivity index (χ0v) is 14.4. The topological polar surface area (TPSA) is 28.2 Å². The van der Waals surface area contributed by atoms with Gasteiger partial charge in [-0.15, -0.1) is 23.7 Å². The number of fused-ring (bicyclic) bond motifs is 1. The SMILES string of the molecule is Cl.c1ccc(C2CNCCN2Cc2nc3ccccc3s2)cc1. The Hall–Kier alpha value is -1.46. The van der Waals surface area contributed by atoms with Gasteiger partial charge in [0, 0.05) is 25.7 Å². The van der Waals surface area contributed by atoms with E-state index >= 15 is 0 Å². The van der Waals surface area contributed by atoms with Crippen LogP contribution in [0.4, 0.5) is 0 Å². The van der Waals surface area contributed by atoms with Crippen molar-refractivity contribution in [1.29, 1.82) is 0 Å². The molecule has 1 fully saturated rings. The Morgan fingerprint density at radius 1 is 1.09 bits per heavy atom. The molecule has 1 aromatic heterocycles. The maximum absolute atomic E-state index is 4.79. The molecule has 0 saturated carbocycles. The van der Waals surface area contributed by atoms with Gasteiger partial charge in [0.25, 0.3) is 0 Å². The second kappa shape index (κ2) is 7.41. The number of rotatable bonds is 3. The molecular formula is C18H20ClN3S. The summed E-state index contributed by atoms with van der Waals surface area (Å²) >= 11 is 1.81. The van der Waals surface area contributed by atoms with Gasteiger partial charge in [-0.3, -0.25) is 4.90 Å². The molecule has 2 heterocycles. The fraction of sp³-hybridized carbons (Fsp3) is 0.278. The van der Waals surface area contributed by atoms with Crippen molar-refractivity contribution in [3.05, 3.63) is 65.2 Å². The monoisotopic (exact) mass is 345 g/mol. The van der Waals surface area contributed by atoms with Crippen molar-refractivity contribution in [2.45, 2.75) is 12.6 Å². The molecule has 5 heteroatoms. The number of aromatic nitrogens is 1. The van der Waals surface area contributed by atoms with E-state index in [0.717, 1.165) is 31.7 Å². The molecule has 1 aliphatic rings. The normalized spacial score (nSPS) is 18.7. The summed E-state index contributed by atoms with van der Waals surface area (Å²) in [6.45, 7) is 4.05. The molecule has 1 atom stereocenters. The molecule has 0 aliphatic carbocycles. The first kappa shape index (κ1) is 16.4. The van der Waals surface area contributed by atoms with Crippen molar-refractivity contribution in [2.75, 3.05) is 19.6 Å². The highest BCUT2D eigenvalue weighted by Gasteiger charge is 2.24. The summed E-state index contributed by atoms with van der Waals surface area (Å²) < 4.78 is 1.28. The predicted molar refractivity (Wildman–Crippen MR) is 99.3 cm³/mol. The van der Waals surface area contributed by atoms with Gasteiger partial charge in [-0.25, -0.2) is 4.98 Å². The average Bonchev–Trinajstić information content (AvgIpc) is 2.98. The minimum atomic E-state index is 0. The summed E-state index contributed by atoms with van der Waals surface area (Å²) in [5, 5.41) is 4.73. The molecule has 120 valence electrons. The standard InChI is InChI=1S/C18H19N3S.ClH/c1-2-6-14(7-3-1)16-12-19-10-11-21(16)13-18-20-15-8-4-5-9-17(15)22-18;/h1-9,16,19H,10-13H2;1H. The van der Waals surface area contributed by atoms with Gasteiger partial charge in [-0.1, -0.05) is 42.5 Å². The number of thiazole rings is 1. The van der Waals surface area contributed by atoms with Crippen LogP contribution in [0.1, 0.15) is 16.6 Å². The molecule has 0 amide bonds. The maximum atomic E-state index is 4.79. The molecule has 0 radical (unpaired) electrons. The lowest BCUT2D eigenvalue weighted by molar-refractivity contribution is 0.153. The van der Waals surface area contributed by atoms with E-state index in [1.807, 2.05) is 11.3 Å². The lowest BCUT2D eigenvalue weighted by Crippen LogP contribution is -2.45. The van der Waals surface area contributed by atoms with Crippen LogP contribution in [-0.4, -0.2) is 29.5 Å². The van der Waals surface area contributed by atoms with E-state index in [1.165, 1.54) is 15.3 Å². The molecule has 0 bridgehead atoms. The van der Waals surface area contributed by atoms with Crippen LogP contribution in [0.2, 0.25) is 0 Å². The molecule has 0 spiro atoms. The maximum Gasteiger partial charge on any atom is 0.108 e. The van der Waals surface area contributed by atoms with Gasteiger partial charge in [0.2, 0.25) is 0 Å². The Morgan fingerprint density at radius 2 is 1.87 bits per heavy atom. The Bertz CT molecular complexity index is 726. The van der Waals surface area contributed by atoms with Crippen LogP contribution in [0.3, 0.4) is 0 Å². The second-order valence-electron chi connectivity index (χ2n) is 5.68. The van der Waals surface area contributed by atoms with Crippen molar-refractivity contribution >= 4 is 34.0 Å². The van der Waals surface area contributed by atoms with Gasteiger partial charge in [0.05, 0.1) is 16.8 Å². The molecule has 3 aromatic rings. The van der Waals surface area contributed by atoms with E-state index in [1.54, 1.807) is 0 Å². The molecule has 1 aliphatic heterocycles. The molecule has 1 unspecified atom stereocenters. The van der Waals surface area contributed by atoms with E-state index in [0.29, 0.717) is 6.04 Å². The molecule has 23 heavy (non-hydrogen) atoms. The molecular weight excluding hydrogens is 326 g/mol. The largest absolute Gasteiger partial charge is 0.314 e. The van der Waals surface area contributed by atoms with Gasteiger partial charge in [0.15, 0.2) is 0 Å². The van der Waals surface area contributed by atoms with Crippen molar-refractivity contribution < 1.29 is 0 Å². The predicted octanol–water partition coefficient (Wildman–Crippen LogP) is 3.86. The highest BCUT2D eigenvalue weighted by molar-refractivity contribution is 7.18. The van der Waals surface area contributed by atoms with Gasteiger partial charge in [0.1, 0.15) is 5.01 Å². The summed E-state index contributed by atoms with van der Waals surface area (Å²) in [4.78, 5) is 7.34. The average molecular weight is 346 g/mol. The number of nitrogens with zero attached hydrogens (tertiary/aromatic N) is 2. The number of piperazine rings is 1. The van der Waals surface area contributed by atoms with E-state index in [-0.39, 0.29) is 12.4 Å². The number of halogens is 1. The van der Waals surface area contributed by atoms with E-state index in [9.17, 15) is 0 Å². The Labute approximate surface area is 146 Å². The summed E-state index contributed by atoms with van der Waals surface area (Å²) in [5.74, 6) is 0. The first-order valence-electron chi connectivity index (χ1n) is 7.74. The number of hydrogen-bond acceptors (Lipinski definition) is 4. The van der Waals surface area contributed by atoms with Crippen LogP contribution < -0.4 is 5.32 Å². The first-order valence-corrected chi connectivity index (χ1v) is 8.56. The van der Waals surface area contributed by atoms with Crippen molar-refractivity contribution in [2.24, 2.45) is 0 Å². The van der Waals surface area contributed by atoms with Crippen LogP contribution in [0.15, 0.2) is 54.6 Å². The lowest BCUT2D eigenvalue weighted by atomic mass is 10.0. The number of benzene rings is 2.